The van der Waals surface area contributed by atoms with Gasteiger partial charge in [-0.1, -0.05) is 25.5 Å². The lowest BCUT2D eigenvalue weighted by Gasteiger charge is -2.27. The zero-order chi connectivity index (χ0) is 17.6. The highest BCUT2D eigenvalue weighted by Gasteiger charge is 2.33. The molecule has 0 bridgehead atoms. The third-order valence-corrected chi connectivity index (χ3v) is 6.32. The molecule has 6 nitrogen and oxygen atoms in total. The number of hydrogen-bond donors (Lipinski definition) is 2. The van der Waals surface area contributed by atoms with Crippen LogP contribution in [0.5, 0.6) is 0 Å². The Morgan fingerprint density at radius 2 is 2.20 bits per heavy atom. The Hall–Kier alpha value is -2.41. The summed E-state index contributed by atoms with van der Waals surface area (Å²) < 4.78 is 0. The maximum Gasteiger partial charge on any atom is 0.269 e. The van der Waals surface area contributed by atoms with Crippen LogP contribution in [0, 0.1) is 16.0 Å². The predicted molar refractivity (Wildman–Crippen MR) is 97.1 cm³/mol. The fourth-order valence-corrected chi connectivity index (χ4v) is 5.09. The highest BCUT2D eigenvalue weighted by Crippen LogP contribution is 2.43. The smallest absolute Gasteiger partial charge is 0.269 e. The fourth-order valence-electron chi connectivity index (χ4n) is 3.70. The number of amides is 1. The molecule has 4 rings (SSSR count). The van der Waals surface area contributed by atoms with Gasteiger partial charge >= 0.3 is 0 Å². The van der Waals surface area contributed by atoms with Gasteiger partial charge in [-0.2, -0.15) is 0 Å². The van der Waals surface area contributed by atoms with Gasteiger partial charge in [0.15, 0.2) is 0 Å². The summed E-state index contributed by atoms with van der Waals surface area (Å²) in [5, 5.41) is 18.2. The number of nitrogens with zero attached hydrogens (tertiary/aromatic N) is 1. The zero-order valence-electron chi connectivity index (χ0n) is 13.9. The van der Waals surface area contributed by atoms with E-state index in [9.17, 15) is 14.9 Å². The molecule has 0 saturated carbocycles. The number of carbonyl (C=O) groups is 1. The molecule has 1 aromatic heterocycles. The SMILES string of the molecule is CCC1CCc2c(sc3c2C(=O)NC(c2cccc([N+](=O)[O-])c2)N3)C1. The first-order valence-electron chi connectivity index (χ1n) is 8.53. The maximum absolute atomic E-state index is 12.7. The van der Waals surface area contributed by atoms with E-state index in [-0.39, 0.29) is 11.6 Å². The van der Waals surface area contributed by atoms with Crippen LogP contribution in [-0.4, -0.2) is 10.8 Å². The van der Waals surface area contributed by atoms with E-state index >= 15 is 0 Å². The van der Waals surface area contributed by atoms with Crippen molar-refractivity contribution in [3.05, 3.63) is 55.9 Å². The molecule has 2 unspecified atom stereocenters. The number of thiophene rings is 1. The van der Waals surface area contributed by atoms with Crippen LogP contribution in [0.1, 0.15) is 52.3 Å². The van der Waals surface area contributed by atoms with Crippen LogP contribution in [0.4, 0.5) is 10.7 Å². The van der Waals surface area contributed by atoms with E-state index in [1.807, 2.05) is 0 Å². The molecule has 2 aromatic rings. The molecule has 0 saturated heterocycles. The van der Waals surface area contributed by atoms with Crippen LogP contribution in [0.15, 0.2) is 24.3 Å². The van der Waals surface area contributed by atoms with Crippen LogP contribution in [0.25, 0.3) is 0 Å². The summed E-state index contributed by atoms with van der Waals surface area (Å²) in [5.41, 5.74) is 2.67. The Balaban J connectivity index is 1.66. The molecule has 2 heterocycles. The minimum absolute atomic E-state index is 0.0237. The van der Waals surface area contributed by atoms with Crippen molar-refractivity contribution >= 4 is 27.9 Å². The second-order valence-corrected chi connectivity index (χ2v) is 7.73. The van der Waals surface area contributed by atoms with Crippen molar-refractivity contribution in [1.29, 1.82) is 0 Å². The van der Waals surface area contributed by atoms with Crippen LogP contribution in [0.3, 0.4) is 0 Å². The molecule has 2 atom stereocenters. The van der Waals surface area contributed by atoms with Crippen LogP contribution < -0.4 is 10.6 Å². The first-order chi connectivity index (χ1) is 12.1. The lowest BCUT2D eigenvalue weighted by atomic mass is 9.85. The topological polar surface area (TPSA) is 84.3 Å². The zero-order valence-corrected chi connectivity index (χ0v) is 14.7. The average Bonchev–Trinajstić information content (AvgIpc) is 2.99. The summed E-state index contributed by atoms with van der Waals surface area (Å²) in [7, 11) is 0. The highest BCUT2D eigenvalue weighted by molar-refractivity contribution is 7.16. The second-order valence-electron chi connectivity index (χ2n) is 6.63. The molecule has 0 spiro atoms. The maximum atomic E-state index is 12.7. The van der Waals surface area contributed by atoms with Gasteiger partial charge in [-0.05, 0) is 30.7 Å². The van der Waals surface area contributed by atoms with Crippen LogP contribution >= 0.6 is 11.3 Å². The first kappa shape index (κ1) is 16.1. The van der Waals surface area contributed by atoms with Crippen molar-refractivity contribution in [2.24, 2.45) is 5.92 Å². The summed E-state index contributed by atoms with van der Waals surface area (Å²) in [4.78, 5) is 24.6. The number of benzene rings is 1. The Bertz CT molecular complexity index is 861. The van der Waals surface area contributed by atoms with E-state index in [1.54, 1.807) is 23.5 Å². The van der Waals surface area contributed by atoms with E-state index in [2.05, 4.69) is 17.6 Å². The number of rotatable bonds is 3. The standard InChI is InChI=1S/C18H19N3O3S/c1-2-10-6-7-13-14(8-10)25-18-15(13)17(22)19-16(20-18)11-4-3-5-12(9-11)21(23)24/h3-5,9-10,16,20H,2,6-8H2,1H3,(H,19,22). The molecule has 2 N–H and O–H groups in total. The van der Waals surface area contributed by atoms with Crippen LogP contribution in [0.2, 0.25) is 0 Å². The normalized spacial score (nSPS) is 21.7. The number of nitrogens with one attached hydrogen (secondary N) is 2. The van der Waals surface area contributed by atoms with E-state index in [0.717, 1.165) is 36.2 Å². The van der Waals surface area contributed by atoms with E-state index in [0.29, 0.717) is 11.5 Å². The minimum atomic E-state index is -0.443. The van der Waals surface area contributed by atoms with Gasteiger partial charge in [0.1, 0.15) is 11.2 Å². The molecule has 1 aromatic carbocycles. The number of nitro benzene ring substituents is 1. The number of hydrogen-bond acceptors (Lipinski definition) is 5. The average molecular weight is 357 g/mol. The molecule has 0 radical (unpaired) electrons. The fraction of sp³-hybridized carbons (Fsp3) is 0.389. The number of non-ortho nitro benzene ring substituents is 1. The summed E-state index contributed by atoms with van der Waals surface area (Å²) in [6, 6.07) is 6.39. The predicted octanol–water partition coefficient (Wildman–Crippen LogP) is 4.03. The monoisotopic (exact) mass is 357 g/mol. The molecule has 2 aliphatic rings. The number of carbonyl (C=O) groups excluding carboxylic acids is 1. The largest absolute Gasteiger partial charge is 0.353 e. The third kappa shape index (κ3) is 2.78. The Kier molecular flexibility index (Phi) is 3.95. The van der Waals surface area contributed by atoms with E-state index in [1.165, 1.54) is 22.6 Å². The minimum Gasteiger partial charge on any atom is -0.353 e. The van der Waals surface area contributed by atoms with Gasteiger partial charge in [-0.25, -0.2) is 0 Å². The quantitative estimate of drug-likeness (QED) is 0.642. The number of anilines is 1. The van der Waals surface area contributed by atoms with Gasteiger partial charge in [-0.15, -0.1) is 11.3 Å². The molecule has 1 aliphatic heterocycles. The van der Waals surface area contributed by atoms with Crippen molar-refractivity contribution < 1.29 is 9.72 Å². The molecule has 1 amide bonds. The van der Waals surface area contributed by atoms with Crippen molar-refractivity contribution in [3.8, 4) is 0 Å². The lowest BCUT2D eigenvalue weighted by Crippen LogP contribution is -2.38. The molecular weight excluding hydrogens is 338 g/mol. The number of nitro groups is 1. The van der Waals surface area contributed by atoms with Gasteiger partial charge in [0.25, 0.3) is 11.6 Å². The third-order valence-electron chi connectivity index (χ3n) is 5.14. The molecule has 25 heavy (non-hydrogen) atoms. The van der Waals surface area contributed by atoms with Gasteiger partial charge in [0.2, 0.25) is 0 Å². The van der Waals surface area contributed by atoms with Crippen molar-refractivity contribution in [3.63, 3.8) is 0 Å². The molecule has 0 fully saturated rings. The lowest BCUT2D eigenvalue weighted by molar-refractivity contribution is -0.384. The second kappa shape index (κ2) is 6.15. The first-order valence-corrected chi connectivity index (χ1v) is 9.34. The summed E-state index contributed by atoms with van der Waals surface area (Å²) >= 11 is 1.66. The number of fused-ring (bicyclic) bond motifs is 3. The van der Waals surface area contributed by atoms with E-state index in [4.69, 9.17) is 0 Å². The van der Waals surface area contributed by atoms with Crippen LogP contribution in [-0.2, 0) is 12.8 Å². The molecule has 1 aliphatic carbocycles. The van der Waals surface area contributed by atoms with Crippen molar-refractivity contribution in [2.45, 2.75) is 38.8 Å². The van der Waals surface area contributed by atoms with Gasteiger partial charge < -0.3 is 10.6 Å². The van der Waals surface area contributed by atoms with Gasteiger partial charge in [0, 0.05) is 22.6 Å². The van der Waals surface area contributed by atoms with Crippen molar-refractivity contribution in [1.82, 2.24) is 5.32 Å². The molecule has 130 valence electrons. The van der Waals surface area contributed by atoms with Gasteiger partial charge in [-0.3, -0.25) is 14.9 Å². The van der Waals surface area contributed by atoms with E-state index < -0.39 is 11.1 Å². The van der Waals surface area contributed by atoms with Gasteiger partial charge in [0.05, 0.1) is 10.5 Å². The Morgan fingerprint density at radius 3 is 2.96 bits per heavy atom. The molecular formula is C18H19N3O3S. The Labute approximate surface area is 149 Å². The summed E-state index contributed by atoms with van der Waals surface area (Å²) in [6.45, 7) is 2.21. The Morgan fingerprint density at radius 1 is 1.36 bits per heavy atom. The molecule has 7 heteroatoms. The summed E-state index contributed by atoms with van der Waals surface area (Å²) in [5.74, 6) is 0.612. The summed E-state index contributed by atoms with van der Waals surface area (Å²) in [6.07, 6.45) is 3.85. The van der Waals surface area contributed by atoms with Crippen molar-refractivity contribution in [2.75, 3.05) is 5.32 Å². The highest BCUT2D eigenvalue weighted by atomic mass is 32.1.